The summed E-state index contributed by atoms with van der Waals surface area (Å²) in [5.74, 6) is -1.93. The van der Waals surface area contributed by atoms with Gasteiger partial charge in [-0.05, 0) is 38.8 Å². The Hall–Kier alpha value is -0.560. The molecule has 1 rings (SSSR count). The largest absolute Gasteiger partial charge is 0.323 e. The van der Waals surface area contributed by atoms with Crippen molar-refractivity contribution in [3.8, 4) is 0 Å². The summed E-state index contributed by atoms with van der Waals surface area (Å²) < 4.78 is 25.8. The van der Waals surface area contributed by atoms with Crippen LogP contribution >= 0.6 is 31.9 Å². The first-order valence-corrected chi connectivity index (χ1v) is 4.93. The minimum absolute atomic E-state index is 0.0139. The molecule has 0 saturated carbocycles. The Kier molecular flexibility index (Phi) is 3.20. The van der Waals surface area contributed by atoms with E-state index in [4.69, 9.17) is 0 Å². The zero-order valence-corrected chi connectivity index (χ0v) is 9.95. The van der Waals surface area contributed by atoms with Crippen LogP contribution in [-0.2, 0) is 0 Å². The number of nitrogens with zero attached hydrogens (tertiary/aromatic N) is 1. The highest BCUT2D eigenvalue weighted by molar-refractivity contribution is 9.11. The third-order valence-electron chi connectivity index (χ3n) is 1.64. The van der Waals surface area contributed by atoms with Crippen molar-refractivity contribution in [2.24, 2.45) is 0 Å². The van der Waals surface area contributed by atoms with Gasteiger partial charge in [-0.25, -0.2) is 4.39 Å². The van der Waals surface area contributed by atoms with Gasteiger partial charge in [0.2, 0.25) is 5.82 Å². The quantitative estimate of drug-likeness (QED) is 0.447. The maximum absolute atomic E-state index is 13.3. The molecule has 0 aliphatic heterocycles. The van der Waals surface area contributed by atoms with Gasteiger partial charge in [0.1, 0.15) is 10.3 Å². The summed E-state index contributed by atoms with van der Waals surface area (Å²) in [5.41, 5.74) is -0.917. The monoisotopic (exact) mass is 329 g/mol. The first kappa shape index (κ1) is 11.5. The van der Waals surface area contributed by atoms with Crippen LogP contribution in [0.25, 0.3) is 0 Å². The average Bonchev–Trinajstić information content (AvgIpc) is 2.11. The Morgan fingerprint density at radius 2 is 1.71 bits per heavy atom. The normalized spacial score (nSPS) is 10.4. The zero-order chi connectivity index (χ0) is 11.0. The van der Waals surface area contributed by atoms with E-state index in [1.807, 2.05) is 0 Å². The topological polar surface area (TPSA) is 43.1 Å². The molecule has 0 aliphatic rings. The van der Waals surface area contributed by atoms with Gasteiger partial charge >= 0.3 is 5.69 Å². The first-order chi connectivity index (χ1) is 6.37. The molecule has 0 heterocycles. The summed E-state index contributed by atoms with van der Waals surface area (Å²) in [7, 11) is 0. The van der Waals surface area contributed by atoms with Gasteiger partial charge in [-0.2, -0.15) is 4.39 Å². The van der Waals surface area contributed by atoms with Crippen LogP contribution in [0.1, 0.15) is 5.56 Å². The van der Waals surface area contributed by atoms with E-state index in [0.717, 1.165) is 0 Å². The number of halogens is 4. The number of hydrogen-bond acceptors (Lipinski definition) is 2. The molecule has 0 bridgehead atoms. The van der Waals surface area contributed by atoms with E-state index in [9.17, 15) is 18.9 Å². The van der Waals surface area contributed by atoms with E-state index in [1.165, 1.54) is 6.92 Å². The van der Waals surface area contributed by atoms with Crippen molar-refractivity contribution in [3.63, 3.8) is 0 Å². The molecule has 1 aromatic carbocycles. The van der Waals surface area contributed by atoms with Crippen LogP contribution in [0.3, 0.4) is 0 Å². The average molecular weight is 331 g/mol. The first-order valence-electron chi connectivity index (χ1n) is 3.34. The lowest BCUT2D eigenvalue weighted by molar-refractivity contribution is -0.388. The Bertz CT molecular complexity index is 394. The summed E-state index contributed by atoms with van der Waals surface area (Å²) in [4.78, 5) is 9.43. The van der Waals surface area contributed by atoms with Gasteiger partial charge in [0.25, 0.3) is 0 Å². The van der Waals surface area contributed by atoms with Gasteiger partial charge in [-0.1, -0.05) is 0 Å². The second-order valence-corrected chi connectivity index (χ2v) is 4.07. The van der Waals surface area contributed by atoms with E-state index >= 15 is 0 Å². The lowest BCUT2D eigenvalue weighted by Crippen LogP contribution is -2.00. The fraction of sp³-hybridized carbons (Fsp3) is 0.143. The second kappa shape index (κ2) is 3.90. The summed E-state index contributed by atoms with van der Waals surface area (Å²) >= 11 is 5.38. The summed E-state index contributed by atoms with van der Waals surface area (Å²) in [6, 6.07) is 0. The highest BCUT2D eigenvalue weighted by Crippen LogP contribution is 2.37. The summed E-state index contributed by atoms with van der Waals surface area (Å²) in [5, 5.41) is 10.4. The minimum Gasteiger partial charge on any atom is -0.258 e. The van der Waals surface area contributed by atoms with Gasteiger partial charge in [-0.15, -0.1) is 0 Å². The van der Waals surface area contributed by atoms with E-state index in [2.05, 4.69) is 31.9 Å². The van der Waals surface area contributed by atoms with E-state index in [0.29, 0.717) is 0 Å². The fourth-order valence-electron chi connectivity index (χ4n) is 0.890. The minimum atomic E-state index is -1.08. The predicted molar refractivity (Wildman–Crippen MR) is 53.1 cm³/mol. The summed E-state index contributed by atoms with van der Waals surface area (Å²) in [6.07, 6.45) is 0. The van der Waals surface area contributed by atoms with Gasteiger partial charge in [0.05, 0.1) is 9.40 Å². The third-order valence-corrected chi connectivity index (χ3v) is 3.31. The van der Waals surface area contributed by atoms with Gasteiger partial charge in [-0.3, -0.25) is 10.1 Å². The number of rotatable bonds is 1. The Morgan fingerprint density at radius 3 is 2.14 bits per heavy atom. The van der Waals surface area contributed by atoms with Crippen LogP contribution in [0.2, 0.25) is 0 Å². The van der Waals surface area contributed by atoms with Crippen molar-refractivity contribution >= 4 is 37.5 Å². The number of nitro groups is 1. The fourth-order valence-corrected chi connectivity index (χ4v) is 1.87. The van der Waals surface area contributed by atoms with Crippen molar-refractivity contribution in [2.45, 2.75) is 6.92 Å². The van der Waals surface area contributed by atoms with Crippen molar-refractivity contribution in [2.75, 3.05) is 0 Å². The molecule has 76 valence electrons. The standard InChI is InChI=1S/C7H3Br2F2NO2/c1-2-3(8)6(11)7(12(13)14)4(9)5(2)10/h1H3. The predicted octanol–water partition coefficient (Wildman–Crippen LogP) is 3.71. The van der Waals surface area contributed by atoms with Crippen LogP contribution in [0.15, 0.2) is 8.95 Å². The summed E-state index contributed by atoms with van der Waals surface area (Å²) in [6.45, 7) is 1.32. The molecule has 0 unspecified atom stereocenters. The van der Waals surface area contributed by atoms with Crippen LogP contribution in [0.4, 0.5) is 14.5 Å². The van der Waals surface area contributed by atoms with E-state index in [-0.39, 0.29) is 10.0 Å². The maximum atomic E-state index is 13.3. The molecular weight excluding hydrogens is 328 g/mol. The number of benzene rings is 1. The molecular formula is C7H3Br2F2NO2. The molecule has 0 spiro atoms. The van der Waals surface area contributed by atoms with Crippen LogP contribution < -0.4 is 0 Å². The number of hydrogen-bond donors (Lipinski definition) is 0. The smallest absolute Gasteiger partial charge is 0.258 e. The second-order valence-electron chi connectivity index (χ2n) is 2.49. The van der Waals surface area contributed by atoms with Gasteiger partial charge in [0.15, 0.2) is 0 Å². The molecule has 0 aromatic heterocycles. The van der Waals surface area contributed by atoms with Crippen molar-refractivity contribution in [3.05, 3.63) is 36.3 Å². The van der Waals surface area contributed by atoms with Crippen molar-refractivity contribution < 1.29 is 13.7 Å². The molecule has 0 fully saturated rings. The Labute approximate surface area is 94.5 Å². The molecule has 0 radical (unpaired) electrons. The van der Waals surface area contributed by atoms with Crippen molar-refractivity contribution in [1.29, 1.82) is 0 Å². The van der Waals surface area contributed by atoms with E-state index in [1.54, 1.807) is 0 Å². The zero-order valence-electron chi connectivity index (χ0n) is 6.78. The van der Waals surface area contributed by atoms with Crippen molar-refractivity contribution in [1.82, 2.24) is 0 Å². The number of nitro benzene ring substituents is 1. The van der Waals surface area contributed by atoms with Crippen LogP contribution in [0, 0.1) is 28.7 Å². The lowest BCUT2D eigenvalue weighted by Gasteiger charge is -2.05. The molecule has 0 aliphatic carbocycles. The molecule has 0 N–H and O–H groups in total. The molecule has 14 heavy (non-hydrogen) atoms. The Balaban J connectivity index is 3.68. The molecule has 7 heteroatoms. The molecule has 3 nitrogen and oxygen atoms in total. The molecule has 1 aromatic rings. The third kappa shape index (κ3) is 1.66. The van der Waals surface area contributed by atoms with Gasteiger partial charge in [0, 0.05) is 5.56 Å². The molecule has 0 atom stereocenters. The Morgan fingerprint density at radius 1 is 1.21 bits per heavy atom. The highest BCUT2D eigenvalue weighted by Gasteiger charge is 2.27. The van der Waals surface area contributed by atoms with Crippen LogP contribution in [0.5, 0.6) is 0 Å². The maximum Gasteiger partial charge on any atom is 0.323 e. The molecule has 0 amide bonds. The SMILES string of the molecule is Cc1c(F)c(Br)c([N+](=O)[O-])c(F)c1Br. The van der Waals surface area contributed by atoms with Crippen LogP contribution in [-0.4, -0.2) is 4.92 Å². The highest BCUT2D eigenvalue weighted by atomic mass is 79.9. The van der Waals surface area contributed by atoms with Gasteiger partial charge < -0.3 is 0 Å². The molecule has 0 saturated heterocycles. The van der Waals surface area contributed by atoms with E-state index < -0.39 is 26.7 Å². The lowest BCUT2D eigenvalue weighted by atomic mass is 10.2.